The van der Waals surface area contributed by atoms with E-state index < -0.39 is 0 Å². The van der Waals surface area contributed by atoms with Gasteiger partial charge in [-0.05, 0) is 10.4 Å². The van der Waals surface area contributed by atoms with Gasteiger partial charge < -0.3 is 9.47 Å². The van der Waals surface area contributed by atoms with Gasteiger partial charge in [0.1, 0.15) is 0 Å². The molecule has 90 valence electrons. The Balaban J connectivity index is 2.59. The first-order chi connectivity index (χ1) is 7.67. The van der Waals surface area contributed by atoms with E-state index in [-0.39, 0.29) is 6.29 Å². The Labute approximate surface area is 103 Å². The maximum absolute atomic E-state index is 5.66. The Hall–Kier alpha value is -0.630. The molecule has 1 heterocycles. The normalized spacial score (nSPS) is 11.0. The zero-order valence-corrected chi connectivity index (χ0v) is 10.7. The van der Waals surface area contributed by atoms with Crippen molar-refractivity contribution in [2.24, 2.45) is 0 Å². The third-order valence-corrected chi connectivity index (χ3v) is 3.04. The van der Waals surface area contributed by atoms with Crippen molar-refractivity contribution in [2.75, 3.05) is 20.0 Å². The number of nitrogens with zero attached hydrogens (tertiary/aromatic N) is 4. The highest BCUT2D eigenvalue weighted by atomic mass is 35.5. The smallest absolute Gasteiger partial charge is 0.209 e. The summed E-state index contributed by atoms with van der Waals surface area (Å²) in [5.41, 5.74) is 0. The fraction of sp³-hybridized carbons (Fsp3) is 0.625. The van der Waals surface area contributed by atoms with E-state index >= 15 is 0 Å². The summed E-state index contributed by atoms with van der Waals surface area (Å²) in [6.45, 7) is 4.02. The lowest BCUT2D eigenvalue weighted by Crippen LogP contribution is -2.21. The minimum absolute atomic E-state index is 0.373. The van der Waals surface area contributed by atoms with Gasteiger partial charge in [0.2, 0.25) is 5.16 Å². The molecule has 0 saturated carbocycles. The molecule has 0 atom stereocenters. The molecule has 0 aromatic carbocycles. The molecule has 1 aromatic heterocycles. The predicted octanol–water partition coefficient (Wildman–Crippen LogP) is 1.14. The number of halogens is 1. The third-order valence-electron chi connectivity index (χ3n) is 1.70. The second-order valence-corrected chi connectivity index (χ2v) is 4.33. The molecule has 0 radical (unpaired) electrons. The highest BCUT2D eigenvalue weighted by Gasteiger charge is 2.12. The summed E-state index contributed by atoms with van der Waals surface area (Å²) in [5, 5.41) is 12.5. The van der Waals surface area contributed by atoms with Crippen LogP contribution in [-0.2, 0) is 16.0 Å². The highest BCUT2D eigenvalue weighted by molar-refractivity contribution is 7.99. The van der Waals surface area contributed by atoms with E-state index in [9.17, 15) is 0 Å². The van der Waals surface area contributed by atoms with Gasteiger partial charge >= 0.3 is 0 Å². The van der Waals surface area contributed by atoms with Gasteiger partial charge in [-0.1, -0.05) is 29.9 Å². The number of rotatable bonds is 7. The van der Waals surface area contributed by atoms with Crippen LogP contribution in [0.2, 0.25) is 0 Å². The SMILES string of the molecule is C=C(Cl)CSc1nnnn1CC(OC)OC. The van der Waals surface area contributed by atoms with Crippen molar-refractivity contribution < 1.29 is 9.47 Å². The molecular weight excluding hydrogens is 252 g/mol. The standard InChI is InChI=1S/C8H13ClN4O2S/c1-6(9)5-16-8-10-11-12-13(8)4-7(14-2)15-3/h7H,1,4-5H2,2-3H3. The molecule has 0 bridgehead atoms. The van der Waals surface area contributed by atoms with E-state index in [1.165, 1.54) is 11.8 Å². The number of tetrazole rings is 1. The lowest BCUT2D eigenvalue weighted by atomic mass is 10.6. The van der Waals surface area contributed by atoms with Gasteiger partial charge in [-0.2, -0.15) is 0 Å². The maximum Gasteiger partial charge on any atom is 0.209 e. The molecule has 0 spiro atoms. The second kappa shape index (κ2) is 6.85. The van der Waals surface area contributed by atoms with Crippen LogP contribution in [0.15, 0.2) is 16.8 Å². The van der Waals surface area contributed by atoms with E-state index in [0.717, 1.165) is 0 Å². The fourth-order valence-electron chi connectivity index (χ4n) is 0.944. The average Bonchev–Trinajstić information content (AvgIpc) is 2.70. The molecular formula is C8H13ClN4O2S. The van der Waals surface area contributed by atoms with Gasteiger partial charge in [0.25, 0.3) is 0 Å². The van der Waals surface area contributed by atoms with Crippen LogP contribution in [0.25, 0.3) is 0 Å². The van der Waals surface area contributed by atoms with Gasteiger partial charge in [0.05, 0.1) is 6.54 Å². The monoisotopic (exact) mass is 264 g/mol. The largest absolute Gasteiger partial charge is 0.354 e. The minimum Gasteiger partial charge on any atom is -0.354 e. The first kappa shape index (κ1) is 13.4. The van der Waals surface area contributed by atoms with Crippen LogP contribution in [0.3, 0.4) is 0 Å². The molecule has 0 aliphatic rings. The van der Waals surface area contributed by atoms with Gasteiger partial charge in [-0.25, -0.2) is 4.68 Å². The van der Waals surface area contributed by atoms with Gasteiger partial charge in [0, 0.05) is 25.0 Å². The number of aromatic nitrogens is 4. The van der Waals surface area contributed by atoms with E-state index in [4.69, 9.17) is 21.1 Å². The van der Waals surface area contributed by atoms with Crippen LogP contribution in [0.5, 0.6) is 0 Å². The van der Waals surface area contributed by atoms with Crippen LogP contribution in [0.1, 0.15) is 0 Å². The molecule has 0 unspecified atom stereocenters. The quantitative estimate of drug-likeness (QED) is 0.544. The molecule has 0 saturated heterocycles. The predicted molar refractivity (Wildman–Crippen MR) is 61.3 cm³/mol. The summed E-state index contributed by atoms with van der Waals surface area (Å²) in [4.78, 5) is 0. The summed E-state index contributed by atoms with van der Waals surface area (Å²) < 4.78 is 11.7. The molecule has 0 aliphatic carbocycles. The molecule has 0 amide bonds. The van der Waals surface area contributed by atoms with Crippen molar-refractivity contribution in [3.8, 4) is 0 Å². The number of ether oxygens (including phenoxy) is 2. The summed E-state index contributed by atoms with van der Waals surface area (Å²) >= 11 is 7.07. The van der Waals surface area contributed by atoms with E-state index in [0.29, 0.717) is 22.5 Å². The van der Waals surface area contributed by atoms with Crippen molar-refractivity contribution in [3.05, 3.63) is 11.6 Å². The topological polar surface area (TPSA) is 62.1 Å². The molecule has 0 fully saturated rings. The minimum atomic E-state index is -0.373. The average molecular weight is 265 g/mol. The molecule has 6 nitrogen and oxygen atoms in total. The first-order valence-electron chi connectivity index (χ1n) is 4.45. The lowest BCUT2D eigenvalue weighted by molar-refractivity contribution is -0.113. The summed E-state index contributed by atoms with van der Waals surface area (Å²) in [6.07, 6.45) is -0.373. The third kappa shape index (κ3) is 4.09. The first-order valence-corrected chi connectivity index (χ1v) is 5.81. The zero-order valence-electron chi connectivity index (χ0n) is 9.09. The lowest BCUT2D eigenvalue weighted by Gasteiger charge is -2.13. The Morgan fingerprint density at radius 2 is 2.25 bits per heavy atom. The van der Waals surface area contributed by atoms with Gasteiger partial charge in [0.15, 0.2) is 6.29 Å². The van der Waals surface area contributed by atoms with Crippen molar-refractivity contribution in [1.29, 1.82) is 0 Å². The Morgan fingerprint density at radius 3 is 2.81 bits per heavy atom. The van der Waals surface area contributed by atoms with Crippen LogP contribution in [0.4, 0.5) is 0 Å². The van der Waals surface area contributed by atoms with Gasteiger partial charge in [-0.3, -0.25) is 0 Å². The number of hydrogen-bond acceptors (Lipinski definition) is 6. The zero-order chi connectivity index (χ0) is 12.0. The van der Waals surface area contributed by atoms with Crippen LogP contribution >= 0.6 is 23.4 Å². The fourth-order valence-corrected chi connectivity index (χ4v) is 1.75. The van der Waals surface area contributed by atoms with Gasteiger partial charge in [-0.15, -0.1) is 5.10 Å². The molecule has 16 heavy (non-hydrogen) atoms. The second-order valence-electron chi connectivity index (χ2n) is 2.85. The molecule has 8 heteroatoms. The molecule has 0 aliphatic heterocycles. The maximum atomic E-state index is 5.66. The van der Waals surface area contributed by atoms with E-state index in [2.05, 4.69) is 22.1 Å². The molecule has 0 N–H and O–H groups in total. The molecule has 1 rings (SSSR count). The van der Waals surface area contributed by atoms with Crippen LogP contribution < -0.4 is 0 Å². The summed E-state index contributed by atoms with van der Waals surface area (Å²) in [5.74, 6) is 0.562. The summed E-state index contributed by atoms with van der Waals surface area (Å²) in [6, 6.07) is 0. The highest BCUT2D eigenvalue weighted by Crippen LogP contribution is 2.18. The van der Waals surface area contributed by atoms with Crippen LogP contribution in [0, 0.1) is 0 Å². The van der Waals surface area contributed by atoms with Crippen molar-refractivity contribution in [3.63, 3.8) is 0 Å². The van der Waals surface area contributed by atoms with E-state index in [1.54, 1.807) is 18.9 Å². The Bertz CT molecular complexity index is 343. The van der Waals surface area contributed by atoms with Crippen LogP contribution in [-0.4, -0.2) is 46.5 Å². The van der Waals surface area contributed by atoms with E-state index in [1.807, 2.05) is 0 Å². The Morgan fingerprint density at radius 1 is 1.56 bits per heavy atom. The number of thioether (sulfide) groups is 1. The molecule has 1 aromatic rings. The van der Waals surface area contributed by atoms with Crippen molar-refractivity contribution >= 4 is 23.4 Å². The van der Waals surface area contributed by atoms with Crippen molar-refractivity contribution in [1.82, 2.24) is 20.2 Å². The van der Waals surface area contributed by atoms with Crippen molar-refractivity contribution in [2.45, 2.75) is 18.0 Å². The summed E-state index contributed by atoms with van der Waals surface area (Å²) in [7, 11) is 3.12. The Kier molecular flexibility index (Phi) is 5.75. The number of methoxy groups -OCH3 is 2. The number of hydrogen-bond donors (Lipinski definition) is 0.